The van der Waals surface area contributed by atoms with Gasteiger partial charge in [0.2, 0.25) is 0 Å². The highest BCUT2D eigenvalue weighted by Crippen LogP contribution is 2.33. The predicted molar refractivity (Wildman–Crippen MR) is 87.5 cm³/mol. The van der Waals surface area contributed by atoms with E-state index in [4.69, 9.17) is 0 Å². The van der Waals surface area contributed by atoms with Gasteiger partial charge in [-0.05, 0) is 56.1 Å². The Bertz CT molecular complexity index is 557. The van der Waals surface area contributed by atoms with Crippen molar-refractivity contribution in [1.82, 2.24) is 5.32 Å². The van der Waals surface area contributed by atoms with Crippen LogP contribution in [0.3, 0.4) is 0 Å². The van der Waals surface area contributed by atoms with Gasteiger partial charge in [-0.1, -0.05) is 32.9 Å². The lowest BCUT2D eigenvalue weighted by Crippen LogP contribution is -2.31. The summed E-state index contributed by atoms with van der Waals surface area (Å²) in [4.78, 5) is 0. The van der Waals surface area contributed by atoms with Crippen molar-refractivity contribution in [2.75, 3.05) is 0 Å². The highest BCUT2D eigenvalue weighted by Gasteiger charge is 2.25. The zero-order chi connectivity index (χ0) is 14.8. The first-order valence-corrected chi connectivity index (χ1v) is 8.25. The molecule has 1 atom stereocenters. The number of benzene rings is 1. The largest absolute Gasteiger partial charge is 0.305 e. The second-order valence-electron chi connectivity index (χ2n) is 5.99. The molecule has 1 aromatic carbocycles. The normalized spacial score (nSPS) is 13.4. The van der Waals surface area contributed by atoms with Crippen LogP contribution in [-0.2, 0) is 6.54 Å². The summed E-state index contributed by atoms with van der Waals surface area (Å²) < 4.78 is 14.2. The van der Waals surface area contributed by atoms with Crippen LogP contribution in [0.2, 0.25) is 0 Å². The molecule has 2 aromatic rings. The monoisotopic (exact) mass is 355 g/mol. The van der Waals surface area contributed by atoms with Gasteiger partial charge in [-0.2, -0.15) is 0 Å². The molecule has 0 radical (unpaired) electrons. The number of hydrogen-bond acceptors (Lipinski definition) is 2. The van der Waals surface area contributed by atoms with Crippen molar-refractivity contribution in [3.05, 3.63) is 56.4 Å². The standard InChI is InChI=1S/C16H19BrFNS/c1-16(2,3)15(12-4-6-13(18)7-5-12)19-9-11-8-14(17)20-10-11/h4-8,10,15,19H,9H2,1-3H3. The molecular weight excluding hydrogens is 337 g/mol. The Hall–Kier alpha value is -0.710. The Morgan fingerprint density at radius 1 is 1.25 bits per heavy atom. The Morgan fingerprint density at radius 3 is 2.40 bits per heavy atom. The van der Waals surface area contributed by atoms with Crippen LogP contribution >= 0.6 is 27.3 Å². The zero-order valence-electron chi connectivity index (χ0n) is 11.9. The SMILES string of the molecule is CC(C)(C)C(NCc1csc(Br)c1)c1ccc(F)cc1. The maximum atomic E-state index is 13.1. The van der Waals surface area contributed by atoms with Crippen molar-refractivity contribution in [2.24, 2.45) is 5.41 Å². The fraction of sp³-hybridized carbons (Fsp3) is 0.375. The molecule has 0 saturated heterocycles. The van der Waals surface area contributed by atoms with E-state index >= 15 is 0 Å². The molecule has 2 rings (SSSR count). The third-order valence-corrected chi connectivity index (χ3v) is 4.75. The number of rotatable bonds is 4. The van der Waals surface area contributed by atoms with E-state index in [1.54, 1.807) is 11.3 Å². The molecule has 0 spiro atoms. The second kappa shape index (κ2) is 6.37. The van der Waals surface area contributed by atoms with Gasteiger partial charge in [0.15, 0.2) is 0 Å². The van der Waals surface area contributed by atoms with Gasteiger partial charge in [-0.25, -0.2) is 4.39 Å². The lowest BCUT2D eigenvalue weighted by atomic mass is 9.82. The minimum atomic E-state index is -0.192. The van der Waals surface area contributed by atoms with Gasteiger partial charge in [0, 0.05) is 12.6 Å². The number of hydrogen-bond donors (Lipinski definition) is 1. The van der Waals surface area contributed by atoms with E-state index < -0.39 is 0 Å². The molecular formula is C16H19BrFNS. The Morgan fingerprint density at radius 2 is 1.90 bits per heavy atom. The van der Waals surface area contributed by atoms with E-state index in [0.29, 0.717) is 0 Å². The summed E-state index contributed by atoms with van der Waals surface area (Å²) in [7, 11) is 0. The summed E-state index contributed by atoms with van der Waals surface area (Å²) in [6.07, 6.45) is 0. The van der Waals surface area contributed by atoms with E-state index in [2.05, 4.69) is 53.5 Å². The topological polar surface area (TPSA) is 12.0 Å². The summed E-state index contributed by atoms with van der Waals surface area (Å²) in [5, 5.41) is 5.73. The third-order valence-electron chi connectivity index (χ3n) is 3.20. The fourth-order valence-corrected chi connectivity index (χ4v) is 3.45. The first-order valence-electron chi connectivity index (χ1n) is 6.58. The summed E-state index contributed by atoms with van der Waals surface area (Å²) in [6.45, 7) is 7.38. The van der Waals surface area contributed by atoms with Gasteiger partial charge in [0.25, 0.3) is 0 Å². The molecule has 0 amide bonds. The molecule has 1 nitrogen and oxygen atoms in total. The van der Waals surface area contributed by atoms with Crippen LogP contribution < -0.4 is 5.32 Å². The first kappa shape index (κ1) is 15.7. The van der Waals surface area contributed by atoms with Crippen LogP contribution in [0.15, 0.2) is 39.5 Å². The molecule has 0 bridgehead atoms. The van der Waals surface area contributed by atoms with E-state index in [9.17, 15) is 4.39 Å². The quantitative estimate of drug-likeness (QED) is 0.760. The zero-order valence-corrected chi connectivity index (χ0v) is 14.3. The summed E-state index contributed by atoms with van der Waals surface area (Å²) in [5.41, 5.74) is 2.44. The lowest BCUT2D eigenvalue weighted by Gasteiger charge is -2.32. The maximum Gasteiger partial charge on any atom is 0.123 e. The van der Waals surface area contributed by atoms with Gasteiger partial charge >= 0.3 is 0 Å². The molecule has 0 aliphatic rings. The number of halogens is 2. The van der Waals surface area contributed by atoms with Crippen LogP contribution in [-0.4, -0.2) is 0 Å². The Labute approximate surface area is 132 Å². The molecule has 4 heteroatoms. The predicted octanol–water partition coefficient (Wildman–Crippen LogP) is 5.53. The maximum absolute atomic E-state index is 13.1. The summed E-state index contributed by atoms with van der Waals surface area (Å²) >= 11 is 5.17. The Kier molecular flexibility index (Phi) is 4.99. The second-order valence-corrected chi connectivity index (χ2v) is 8.28. The van der Waals surface area contributed by atoms with Gasteiger partial charge in [0.1, 0.15) is 5.82 Å². The lowest BCUT2D eigenvalue weighted by molar-refractivity contribution is 0.271. The van der Waals surface area contributed by atoms with E-state index in [1.807, 2.05) is 12.1 Å². The molecule has 0 saturated carbocycles. The van der Waals surface area contributed by atoms with Crippen LogP contribution in [0.1, 0.15) is 37.9 Å². The number of thiophene rings is 1. The third kappa shape index (κ3) is 4.14. The van der Waals surface area contributed by atoms with E-state index in [1.165, 1.54) is 17.7 Å². The Balaban J connectivity index is 2.14. The molecule has 1 unspecified atom stereocenters. The van der Waals surface area contributed by atoms with Crippen molar-refractivity contribution in [3.63, 3.8) is 0 Å². The first-order chi connectivity index (χ1) is 9.36. The van der Waals surface area contributed by atoms with Gasteiger partial charge in [0.05, 0.1) is 3.79 Å². The highest BCUT2D eigenvalue weighted by molar-refractivity contribution is 9.11. The van der Waals surface area contributed by atoms with Crippen molar-refractivity contribution >= 4 is 27.3 Å². The van der Waals surface area contributed by atoms with E-state index in [-0.39, 0.29) is 17.3 Å². The molecule has 0 fully saturated rings. The average Bonchev–Trinajstić information content (AvgIpc) is 2.76. The van der Waals surface area contributed by atoms with Crippen molar-refractivity contribution in [2.45, 2.75) is 33.4 Å². The average molecular weight is 356 g/mol. The van der Waals surface area contributed by atoms with Crippen LogP contribution in [0.4, 0.5) is 4.39 Å². The fourth-order valence-electron chi connectivity index (χ4n) is 2.24. The molecule has 1 heterocycles. The van der Waals surface area contributed by atoms with Gasteiger partial charge in [-0.3, -0.25) is 0 Å². The summed E-state index contributed by atoms with van der Waals surface area (Å²) in [6, 6.07) is 9.08. The molecule has 1 aromatic heterocycles. The smallest absolute Gasteiger partial charge is 0.123 e. The molecule has 0 aliphatic carbocycles. The molecule has 108 valence electrons. The van der Waals surface area contributed by atoms with Crippen LogP contribution in [0.25, 0.3) is 0 Å². The molecule has 0 aliphatic heterocycles. The van der Waals surface area contributed by atoms with Crippen molar-refractivity contribution in [1.29, 1.82) is 0 Å². The van der Waals surface area contributed by atoms with Gasteiger partial charge in [-0.15, -0.1) is 11.3 Å². The van der Waals surface area contributed by atoms with Crippen LogP contribution in [0.5, 0.6) is 0 Å². The molecule has 20 heavy (non-hydrogen) atoms. The van der Waals surface area contributed by atoms with Crippen molar-refractivity contribution < 1.29 is 4.39 Å². The minimum absolute atomic E-state index is 0.0606. The van der Waals surface area contributed by atoms with Gasteiger partial charge < -0.3 is 5.32 Å². The highest BCUT2D eigenvalue weighted by atomic mass is 79.9. The van der Waals surface area contributed by atoms with Crippen LogP contribution in [0, 0.1) is 11.2 Å². The minimum Gasteiger partial charge on any atom is -0.305 e. The van der Waals surface area contributed by atoms with E-state index in [0.717, 1.165) is 15.9 Å². The van der Waals surface area contributed by atoms with Crippen molar-refractivity contribution in [3.8, 4) is 0 Å². The summed E-state index contributed by atoms with van der Waals surface area (Å²) in [5.74, 6) is -0.192. The number of nitrogens with one attached hydrogen (secondary N) is 1. The molecule has 1 N–H and O–H groups in total.